The van der Waals surface area contributed by atoms with E-state index in [-0.39, 0.29) is 11.6 Å². The molecule has 132 valence electrons. The molecule has 7 heteroatoms. The van der Waals surface area contributed by atoms with Crippen molar-refractivity contribution < 1.29 is 14.3 Å². The summed E-state index contributed by atoms with van der Waals surface area (Å²) >= 11 is 0. The maximum absolute atomic E-state index is 12.1. The molecule has 0 aliphatic heterocycles. The minimum absolute atomic E-state index is 0.232. The molecule has 25 heavy (non-hydrogen) atoms. The Kier molecular flexibility index (Phi) is 6.88. The van der Waals surface area contributed by atoms with Crippen molar-refractivity contribution in [3.8, 4) is 0 Å². The van der Waals surface area contributed by atoms with Gasteiger partial charge in [-0.25, -0.2) is 14.8 Å². The minimum atomic E-state index is -0.418. The Morgan fingerprint density at radius 3 is 2.76 bits per heavy atom. The number of amides is 1. The summed E-state index contributed by atoms with van der Waals surface area (Å²) in [4.78, 5) is 31.8. The highest BCUT2D eigenvalue weighted by atomic mass is 16.5. The van der Waals surface area contributed by atoms with Gasteiger partial charge in [-0.15, -0.1) is 0 Å². The summed E-state index contributed by atoms with van der Waals surface area (Å²) in [6, 6.07) is 8.40. The van der Waals surface area contributed by atoms with Gasteiger partial charge in [-0.05, 0) is 24.6 Å². The van der Waals surface area contributed by atoms with Gasteiger partial charge in [0.2, 0.25) is 0 Å². The van der Waals surface area contributed by atoms with Crippen LogP contribution in [0.2, 0.25) is 0 Å². The molecule has 1 aromatic carbocycles. The number of unbranched alkanes of at least 4 members (excludes halogenated alkanes) is 2. The van der Waals surface area contributed by atoms with Crippen LogP contribution in [0.4, 0.5) is 11.5 Å². The molecule has 0 saturated carbocycles. The van der Waals surface area contributed by atoms with Gasteiger partial charge in [0.25, 0.3) is 5.91 Å². The van der Waals surface area contributed by atoms with Gasteiger partial charge in [0.15, 0.2) is 0 Å². The Hall–Kier alpha value is -2.96. The van der Waals surface area contributed by atoms with Crippen molar-refractivity contribution in [2.75, 3.05) is 19.0 Å². The Balaban J connectivity index is 2.04. The zero-order valence-corrected chi connectivity index (χ0v) is 14.4. The molecule has 7 nitrogen and oxygen atoms in total. The number of carbonyl (C=O) groups is 2. The third-order valence-electron chi connectivity index (χ3n) is 3.52. The number of carbonyl (C=O) groups excluding carboxylic acids is 2. The second kappa shape index (κ2) is 9.36. The van der Waals surface area contributed by atoms with Crippen LogP contribution in [0.15, 0.2) is 36.7 Å². The lowest BCUT2D eigenvalue weighted by Gasteiger charge is -2.08. The predicted octanol–water partition coefficient (Wildman–Crippen LogP) is 2.93. The van der Waals surface area contributed by atoms with Crippen LogP contribution in [-0.4, -0.2) is 35.5 Å². The molecule has 0 radical (unpaired) electrons. The normalized spacial score (nSPS) is 10.2. The number of nitrogens with zero attached hydrogens (tertiary/aromatic N) is 2. The average molecular weight is 342 g/mol. The summed E-state index contributed by atoms with van der Waals surface area (Å²) in [5, 5.41) is 5.89. The average Bonchev–Trinajstić information content (AvgIpc) is 2.65. The fourth-order valence-corrected chi connectivity index (χ4v) is 2.21. The summed E-state index contributed by atoms with van der Waals surface area (Å²) in [5.74, 6) is -0.181. The van der Waals surface area contributed by atoms with Crippen LogP contribution < -0.4 is 10.6 Å². The number of nitrogens with one attached hydrogen (secondary N) is 2. The smallest absolute Gasteiger partial charge is 0.337 e. The largest absolute Gasteiger partial charge is 0.465 e. The van der Waals surface area contributed by atoms with Gasteiger partial charge in [-0.3, -0.25) is 4.79 Å². The second-order valence-corrected chi connectivity index (χ2v) is 5.45. The van der Waals surface area contributed by atoms with Crippen LogP contribution in [0.3, 0.4) is 0 Å². The quantitative estimate of drug-likeness (QED) is 0.566. The molecule has 1 amide bonds. The number of methoxy groups -OCH3 is 1. The van der Waals surface area contributed by atoms with Crippen molar-refractivity contribution >= 4 is 23.4 Å². The molecule has 2 aromatic rings. The summed E-state index contributed by atoms with van der Waals surface area (Å²) < 4.78 is 4.70. The van der Waals surface area contributed by atoms with E-state index in [2.05, 4.69) is 27.5 Å². The predicted molar refractivity (Wildman–Crippen MR) is 95.0 cm³/mol. The molecule has 2 N–H and O–H groups in total. The van der Waals surface area contributed by atoms with E-state index in [1.807, 2.05) is 0 Å². The zero-order valence-electron chi connectivity index (χ0n) is 14.4. The highest BCUT2D eigenvalue weighted by molar-refractivity contribution is 5.93. The van der Waals surface area contributed by atoms with E-state index in [4.69, 9.17) is 4.74 Å². The van der Waals surface area contributed by atoms with Crippen molar-refractivity contribution in [3.05, 3.63) is 47.9 Å². The lowest BCUT2D eigenvalue weighted by atomic mass is 10.2. The van der Waals surface area contributed by atoms with Gasteiger partial charge in [0.05, 0.1) is 12.7 Å². The number of esters is 1. The van der Waals surface area contributed by atoms with Gasteiger partial charge in [-0.1, -0.05) is 25.8 Å². The van der Waals surface area contributed by atoms with E-state index in [1.54, 1.807) is 30.3 Å². The number of benzene rings is 1. The standard InChI is InChI=1S/C18H22N4O3/c1-3-4-5-9-19-17(23)15-11-16(21-12-20-15)22-14-8-6-7-13(10-14)18(24)25-2/h6-8,10-12H,3-5,9H2,1-2H3,(H,19,23)(H,20,21,22). The van der Waals surface area contributed by atoms with E-state index < -0.39 is 5.97 Å². The van der Waals surface area contributed by atoms with E-state index in [0.717, 1.165) is 19.3 Å². The van der Waals surface area contributed by atoms with Crippen molar-refractivity contribution in [2.24, 2.45) is 0 Å². The van der Waals surface area contributed by atoms with Gasteiger partial charge < -0.3 is 15.4 Å². The van der Waals surface area contributed by atoms with Crippen LogP contribution >= 0.6 is 0 Å². The molecule has 0 bridgehead atoms. The molecular weight excluding hydrogens is 320 g/mol. The monoisotopic (exact) mass is 342 g/mol. The molecule has 0 atom stereocenters. The van der Waals surface area contributed by atoms with Gasteiger partial charge in [-0.2, -0.15) is 0 Å². The Bertz CT molecular complexity index is 734. The molecular formula is C18H22N4O3. The highest BCUT2D eigenvalue weighted by Gasteiger charge is 2.09. The Morgan fingerprint density at radius 2 is 2.00 bits per heavy atom. The molecule has 0 aliphatic carbocycles. The number of anilines is 2. The van der Waals surface area contributed by atoms with Crippen LogP contribution in [0.25, 0.3) is 0 Å². The first-order valence-corrected chi connectivity index (χ1v) is 8.19. The first-order valence-electron chi connectivity index (χ1n) is 8.19. The van der Waals surface area contributed by atoms with Gasteiger partial charge in [0.1, 0.15) is 17.8 Å². The van der Waals surface area contributed by atoms with Gasteiger partial charge in [0, 0.05) is 18.3 Å². The molecule has 1 heterocycles. The van der Waals surface area contributed by atoms with E-state index >= 15 is 0 Å². The number of hydrogen-bond acceptors (Lipinski definition) is 6. The Morgan fingerprint density at radius 1 is 1.16 bits per heavy atom. The molecule has 0 unspecified atom stereocenters. The van der Waals surface area contributed by atoms with Crippen LogP contribution in [0.5, 0.6) is 0 Å². The van der Waals surface area contributed by atoms with Crippen molar-refractivity contribution in [3.63, 3.8) is 0 Å². The molecule has 0 saturated heterocycles. The summed E-state index contributed by atoms with van der Waals surface area (Å²) in [6.45, 7) is 2.74. The molecule has 1 aromatic heterocycles. The number of aromatic nitrogens is 2. The van der Waals surface area contributed by atoms with Crippen LogP contribution in [0, 0.1) is 0 Å². The van der Waals surface area contributed by atoms with E-state index in [9.17, 15) is 9.59 Å². The summed E-state index contributed by atoms with van der Waals surface area (Å²) in [5.41, 5.74) is 1.38. The molecule has 0 spiro atoms. The molecule has 0 fully saturated rings. The first kappa shape index (κ1) is 18.4. The van der Waals surface area contributed by atoms with Crippen LogP contribution in [0.1, 0.15) is 47.0 Å². The maximum atomic E-state index is 12.1. The lowest BCUT2D eigenvalue weighted by Crippen LogP contribution is -2.25. The van der Waals surface area contributed by atoms with Crippen LogP contribution in [-0.2, 0) is 4.74 Å². The lowest BCUT2D eigenvalue weighted by molar-refractivity contribution is 0.0600. The summed E-state index contributed by atoms with van der Waals surface area (Å²) in [6.07, 6.45) is 4.45. The van der Waals surface area contributed by atoms with Gasteiger partial charge >= 0.3 is 5.97 Å². The topological polar surface area (TPSA) is 93.2 Å². The Labute approximate surface area is 146 Å². The third kappa shape index (κ3) is 5.56. The molecule has 0 aliphatic rings. The molecule has 2 rings (SSSR count). The van der Waals surface area contributed by atoms with Crippen molar-refractivity contribution in [2.45, 2.75) is 26.2 Å². The fraction of sp³-hybridized carbons (Fsp3) is 0.333. The SMILES string of the molecule is CCCCCNC(=O)c1cc(Nc2cccc(C(=O)OC)c2)ncn1. The fourth-order valence-electron chi connectivity index (χ4n) is 2.21. The highest BCUT2D eigenvalue weighted by Crippen LogP contribution is 2.16. The van der Waals surface area contributed by atoms with Crippen molar-refractivity contribution in [1.29, 1.82) is 0 Å². The number of ether oxygens (including phenoxy) is 1. The van der Waals surface area contributed by atoms with E-state index in [0.29, 0.717) is 23.6 Å². The number of rotatable bonds is 8. The minimum Gasteiger partial charge on any atom is -0.465 e. The van der Waals surface area contributed by atoms with E-state index in [1.165, 1.54) is 13.4 Å². The second-order valence-electron chi connectivity index (χ2n) is 5.45. The zero-order chi connectivity index (χ0) is 18.1. The first-order chi connectivity index (χ1) is 12.1. The third-order valence-corrected chi connectivity index (χ3v) is 3.52. The van der Waals surface area contributed by atoms with Crippen molar-refractivity contribution in [1.82, 2.24) is 15.3 Å². The maximum Gasteiger partial charge on any atom is 0.337 e. The summed E-state index contributed by atoms with van der Waals surface area (Å²) in [7, 11) is 1.33. The number of hydrogen-bond donors (Lipinski definition) is 2.